The summed E-state index contributed by atoms with van der Waals surface area (Å²) in [6.07, 6.45) is 10.7. The van der Waals surface area contributed by atoms with Gasteiger partial charge in [0.25, 0.3) is 0 Å². The Morgan fingerprint density at radius 3 is 2.50 bits per heavy atom. The Morgan fingerprint density at radius 1 is 1.00 bits per heavy atom. The molecule has 82 valence electrons. The summed E-state index contributed by atoms with van der Waals surface area (Å²) in [6, 6.07) is 10.2. The van der Waals surface area contributed by atoms with Gasteiger partial charge in [-0.25, -0.2) is 0 Å². The van der Waals surface area contributed by atoms with Crippen molar-refractivity contribution in [2.24, 2.45) is 5.41 Å². The van der Waals surface area contributed by atoms with Crippen LogP contribution in [0, 0.1) is 5.41 Å². The first-order valence-corrected chi connectivity index (χ1v) is 5.57. The summed E-state index contributed by atoms with van der Waals surface area (Å²) in [5, 5.41) is 3.41. The van der Waals surface area contributed by atoms with Crippen molar-refractivity contribution >= 4 is 5.69 Å². The van der Waals surface area contributed by atoms with Crippen molar-refractivity contribution in [3.63, 3.8) is 0 Å². The summed E-state index contributed by atoms with van der Waals surface area (Å²) in [5.74, 6) is 0. The van der Waals surface area contributed by atoms with Crippen molar-refractivity contribution in [3.8, 4) is 0 Å². The van der Waals surface area contributed by atoms with Crippen LogP contribution in [0.2, 0.25) is 0 Å². The van der Waals surface area contributed by atoms with Gasteiger partial charge in [0, 0.05) is 16.8 Å². The number of para-hydroxylation sites is 1. The molecule has 0 saturated heterocycles. The zero-order valence-corrected chi connectivity index (χ0v) is 9.77. The first-order valence-electron chi connectivity index (χ1n) is 5.57. The molecule has 0 amide bonds. The third kappa shape index (κ3) is 2.86. The summed E-state index contributed by atoms with van der Waals surface area (Å²) in [4.78, 5) is 0. The van der Waals surface area contributed by atoms with Crippen LogP contribution < -0.4 is 5.32 Å². The molecule has 0 spiro atoms. The molecule has 1 N–H and O–H groups in total. The predicted octanol–water partition coefficient (Wildman–Crippen LogP) is 4.13. The van der Waals surface area contributed by atoms with Gasteiger partial charge in [0.05, 0.1) is 0 Å². The maximum Gasteiger partial charge on any atom is 0.0384 e. The molecule has 1 heteroatoms. The fourth-order valence-electron chi connectivity index (χ4n) is 1.73. The molecule has 0 heterocycles. The highest BCUT2D eigenvalue weighted by atomic mass is 14.9. The number of nitrogens with one attached hydrogen (secondary N) is 1. The van der Waals surface area contributed by atoms with Gasteiger partial charge in [-0.1, -0.05) is 56.4 Å². The van der Waals surface area contributed by atoms with E-state index in [0.717, 1.165) is 11.4 Å². The number of hydrogen-bond donors (Lipinski definition) is 1. The number of anilines is 1. The lowest BCUT2D eigenvalue weighted by atomic mass is 9.92. The van der Waals surface area contributed by atoms with E-state index in [9.17, 15) is 0 Å². The van der Waals surface area contributed by atoms with Crippen LogP contribution in [-0.2, 0) is 0 Å². The highest BCUT2D eigenvalue weighted by Gasteiger charge is 2.12. The fourth-order valence-corrected chi connectivity index (χ4v) is 1.73. The van der Waals surface area contributed by atoms with Gasteiger partial charge < -0.3 is 5.32 Å². The molecule has 1 aromatic rings. The van der Waals surface area contributed by atoms with E-state index >= 15 is 0 Å². The minimum atomic E-state index is 0.0978. The van der Waals surface area contributed by atoms with Gasteiger partial charge in [0.1, 0.15) is 0 Å². The average Bonchev–Trinajstić information content (AvgIpc) is 2.40. The monoisotopic (exact) mass is 211 g/mol. The number of benzene rings is 1. The van der Waals surface area contributed by atoms with Crippen LogP contribution in [0.5, 0.6) is 0 Å². The Balaban J connectivity index is 2.19. The van der Waals surface area contributed by atoms with E-state index in [2.05, 4.69) is 61.7 Å². The van der Waals surface area contributed by atoms with Crippen molar-refractivity contribution in [3.05, 3.63) is 66.4 Å². The van der Waals surface area contributed by atoms with Gasteiger partial charge in [0.15, 0.2) is 0 Å². The predicted molar refractivity (Wildman–Crippen MR) is 70.2 cm³/mol. The van der Waals surface area contributed by atoms with Crippen molar-refractivity contribution in [2.75, 3.05) is 5.32 Å². The van der Waals surface area contributed by atoms with Crippen LogP contribution in [0.15, 0.2) is 66.4 Å². The van der Waals surface area contributed by atoms with E-state index in [1.807, 2.05) is 18.2 Å². The second kappa shape index (κ2) is 4.40. The van der Waals surface area contributed by atoms with E-state index in [4.69, 9.17) is 0 Å². The number of hydrogen-bond acceptors (Lipinski definition) is 1. The molecule has 0 radical (unpaired) electrons. The van der Waals surface area contributed by atoms with Gasteiger partial charge in [-0.3, -0.25) is 0 Å². The molecule has 16 heavy (non-hydrogen) atoms. The van der Waals surface area contributed by atoms with Crippen LogP contribution in [0.3, 0.4) is 0 Å². The van der Waals surface area contributed by atoms with Gasteiger partial charge >= 0.3 is 0 Å². The van der Waals surface area contributed by atoms with Crippen LogP contribution in [0.1, 0.15) is 13.8 Å². The number of allylic oxidation sites excluding steroid dienone is 5. The fraction of sp³-hybridized carbons (Fsp3) is 0.200. The van der Waals surface area contributed by atoms with Crippen LogP contribution in [0.25, 0.3) is 0 Å². The Bertz CT molecular complexity index is 436. The molecular formula is C15H17N. The maximum absolute atomic E-state index is 3.41. The largest absolute Gasteiger partial charge is 0.356 e. The summed E-state index contributed by atoms with van der Waals surface area (Å²) in [7, 11) is 0. The average molecular weight is 211 g/mol. The van der Waals surface area contributed by atoms with Crippen LogP contribution >= 0.6 is 0 Å². The summed E-state index contributed by atoms with van der Waals surface area (Å²) >= 11 is 0. The Labute approximate surface area is 97.2 Å². The van der Waals surface area contributed by atoms with Crippen molar-refractivity contribution in [1.82, 2.24) is 0 Å². The normalized spacial score (nSPS) is 17.8. The lowest BCUT2D eigenvalue weighted by Gasteiger charge is -2.16. The molecule has 1 aliphatic rings. The van der Waals surface area contributed by atoms with E-state index in [1.165, 1.54) is 0 Å². The van der Waals surface area contributed by atoms with Gasteiger partial charge in [-0.05, 0) is 18.2 Å². The third-order valence-electron chi connectivity index (χ3n) is 2.50. The molecule has 0 unspecified atom stereocenters. The molecule has 0 aromatic heterocycles. The SMILES string of the molecule is CC1(C)C=CC=CC(Nc2ccccc2)=C1. The van der Waals surface area contributed by atoms with Gasteiger partial charge in [-0.2, -0.15) is 0 Å². The molecule has 0 fully saturated rings. The summed E-state index contributed by atoms with van der Waals surface area (Å²) in [5.41, 5.74) is 2.36. The van der Waals surface area contributed by atoms with Crippen LogP contribution in [0.4, 0.5) is 5.69 Å². The summed E-state index contributed by atoms with van der Waals surface area (Å²) in [6.45, 7) is 4.40. The van der Waals surface area contributed by atoms with Gasteiger partial charge in [0.2, 0.25) is 0 Å². The molecule has 0 atom stereocenters. The Morgan fingerprint density at radius 2 is 1.75 bits per heavy atom. The first-order chi connectivity index (χ1) is 7.66. The Hall–Kier alpha value is -1.76. The third-order valence-corrected chi connectivity index (χ3v) is 2.50. The second-order valence-corrected chi connectivity index (χ2v) is 4.63. The second-order valence-electron chi connectivity index (χ2n) is 4.63. The Kier molecular flexibility index (Phi) is 2.95. The molecule has 0 bridgehead atoms. The molecular weight excluding hydrogens is 194 g/mol. The first kappa shape index (κ1) is 10.7. The molecule has 1 aromatic carbocycles. The van der Waals surface area contributed by atoms with Crippen molar-refractivity contribution in [2.45, 2.75) is 13.8 Å². The zero-order chi connectivity index (χ0) is 11.4. The standard InChI is InChI=1S/C15H17N/c1-15(2)11-7-6-10-14(12-15)16-13-8-4-3-5-9-13/h3-12,16H,1-2H3. The van der Waals surface area contributed by atoms with E-state index < -0.39 is 0 Å². The lowest BCUT2D eigenvalue weighted by molar-refractivity contribution is 0.624. The minimum absolute atomic E-state index is 0.0978. The highest BCUT2D eigenvalue weighted by Crippen LogP contribution is 2.24. The minimum Gasteiger partial charge on any atom is -0.356 e. The molecule has 1 aliphatic carbocycles. The van der Waals surface area contributed by atoms with E-state index in [1.54, 1.807) is 0 Å². The van der Waals surface area contributed by atoms with E-state index in [0.29, 0.717) is 0 Å². The molecule has 0 aliphatic heterocycles. The summed E-state index contributed by atoms with van der Waals surface area (Å²) < 4.78 is 0. The lowest BCUT2D eigenvalue weighted by Crippen LogP contribution is -2.06. The van der Waals surface area contributed by atoms with Crippen molar-refractivity contribution < 1.29 is 0 Å². The highest BCUT2D eigenvalue weighted by molar-refractivity contribution is 5.51. The smallest absolute Gasteiger partial charge is 0.0384 e. The maximum atomic E-state index is 3.41. The van der Waals surface area contributed by atoms with E-state index in [-0.39, 0.29) is 5.41 Å². The quantitative estimate of drug-likeness (QED) is 0.775. The molecule has 1 nitrogen and oxygen atoms in total. The van der Waals surface area contributed by atoms with Crippen LogP contribution in [-0.4, -0.2) is 0 Å². The topological polar surface area (TPSA) is 12.0 Å². The molecule has 0 saturated carbocycles. The van der Waals surface area contributed by atoms with Gasteiger partial charge in [-0.15, -0.1) is 0 Å². The zero-order valence-electron chi connectivity index (χ0n) is 9.77. The van der Waals surface area contributed by atoms with Crippen molar-refractivity contribution in [1.29, 1.82) is 0 Å². The number of rotatable bonds is 2. The molecule has 2 rings (SSSR count).